The lowest BCUT2D eigenvalue weighted by molar-refractivity contribution is -0.520. The second kappa shape index (κ2) is 9.88. The molecule has 0 aliphatic rings. The number of unbranched alkanes of at least 4 members (excludes halogenated alkanes) is 7. The van der Waals surface area contributed by atoms with Gasteiger partial charge in [-0.3, -0.25) is 0 Å². The molecule has 1 aromatic rings. The molecule has 0 saturated carbocycles. The molecule has 0 radical (unpaired) electrons. The monoisotopic (exact) mass is 300 g/mol. The number of hydrogen-bond donors (Lipinski definition) is 0. The van der Waals surface area contributed by atoms with Crippen LogP contribution in [0.1, 0.15) is 58.3 Å². The van der Waals surface area contributed by atoms with Crippen LogP contribution in [-0.2, 0) is 14.5 Å². The molecule has 1 rings (SSSR count). The van der Waals surface area contributed by atoms with Crippen LogP contribution in [0.25, 0.3) is 0 Å². The lowest BCUT2D eigenvalue weighted by Crippen LogP contribution is -2.43. The number of nitrogens with zero attached hydrogens (tertiary/aromatic N) is 1. The van der Waals surface area contributed by atoms with Crippen LogP contribution in [0.15, 0.2) is 30.6 Å². The molecule has 5 heteroatoms. The highest BCUT2D eigenvalue weighted by molar-refractivity contribution is 7.80. The molecule has 1 heterocycles. The van der Waals surface area contributed by atoms with Gasteiger partial charge in [-0.15, -0.1) is 8.42 Å². The third kappa shape index (κ3) is 7.01. The van der Waals surface area contributed by atoms with Gasteiger partial charge in [0.25, 0.3) is 0 Å². The van der Waals surface area contributed by atoms with Crippen molar-refractivity contribution in [1.82, 2.24) is 0 Å². The highest BCUT2D eigenvalue weighted by atomic mass is 32.2. The van der Waals surface area contributed by atoms with E-state index in [-0.39, 0.29) is 6.61 Å². The van der Waals surface area contributed by atoms with Crippen molar-refractivity contribution >= 4 is 10.3 Å². The molecule has 0 aromatic carbocycles. The Bertz CT molecular complexity index is 445. The van der Waals surface area contributed by atoms with E-state index in [0.29, 0.717) is 0 Å². The van der Waals surface area contributed by atoms with E-state index >= 15 is 0 Å². The molecule has 0 N–H and O–H groups in total. The van der Waals surface area contributed by atoms with E-state index in [1.54, 1.807) is 18.2 Å². The number of rotatable bonds is 11. The molecule has 0 fully saturated rings. The van der Waals surface area contributed by atoms with Gasteiger partial charge in [0.15, 0.2) is 12.4 Å². The third-order valence-corrected chi connectivity index (χ3v) is 4.40. The summed E-state index contributed by atoms with van der Waals surface area (Å²) in [5.74, 6) is 0. The van der Waals surface area contributed by atoms with Gasteiger partial charge in [-0.05, 0) is 6.42 Å². The minimum absolute atomic E-state index is 0.263. The Balaban J connectivity index is 2.09. The highest BCUT2D eigenvalue weighted by Gasteiger charge is 2.21. The third-order valence-electron chi connectivity index (χ3n) is 3.18. The Hall–Kier alpha value is -0.940. The van der Waals surface area contributed by atoms with Gasteiger partial charge in [0.1, 0.15) is 0 Å². The molecule has 0 unspecified atom stereocenters. The van der Waals surface area contributed by atoms with E-state index in [4.69, 9.17) is 4.18 Å². The van der Waals surface area contributed by atoms with Gasteiger partial charge in [-0.2, -0.15) is 0 Å². The van der Waals surface area contributed by atoms with Crippen LogP contribution < -0.4 is 3.97 Å². The smallest absolute Gasteiger partial charge is 0.218 e. The van der Waals surface area contributed by atoms with E-state index in [9.17, 15) is 8.42 Å². The van der Waals surface area contributed by atoms with Gasteiger partial charge in [-0.1, -0.05) is 61.9 Å². The standard InChI is InChI=1S/C15H26NO3S/c1-2-3-4-5-6-7-8-12-15-19-20(17,18)16-13-10-9-11-14-16/h9-11,13-14H,2-8,12,15H2,1H3/q+1. The quantitative estimate of drug-likeness (QED) is 0.465. The second-order valence-electron chi connectivity index (χ2n) is 4.96. The summed E-state index contributed by atoms with van der Waals surface area (Å²) in [6.07, 6.45) is 12.3. The zero-order valence-corrected chi connectivity index (χ0v) is 13.1. The van der Waals surface area contributed by atoms with Crippen LogP contribution in [0.2, 0.25) is 0 Å². The maximum atomic E-state index is 11.8. The van der Waals surface area contributed by atoms with Crippen molar-refractivity contribution in [2.75, 3.05) is 6.61 Å². The first kappa shape index (κ1) is 17.1. The summed E-state index contributed by atoms with van der Waals surface area (Å²) < 4.78 is 29.7. The van der Waals surface area contributed by atoms with E-state index < -0.39 is 10.3 Å². The molecule has 0 aliphatic carbocycles. The Morgan fingerprint density at radius 2 is 1.40 bits per heavy atom. The van der Waals surface area contributed by atoms with Crippen LogP contribution in [0.3, 0.4) is 0 Å². The Morgan fingerprint density at radius 1 is 0.850 bits per heavy atom. The summed E-state index contributed by atoms with van der Waals surface area (Å²) in [6, 6.07) is 5.10. The zero-order valence-electron chi connectivity index (χ0n) is 12.3. The van der Waals surface area contributed by atoms with Gasteiger partial charge in [0.2, 0.25) is 0 Å². The summed E-state index contributed by atoms with van der Waals surface area (Å²) in [7, 11) is -3.65. The summed E-state index contributed by atoms with van der Waals surface area (Å²) in [6.45, 7) is 2.47. The van der Waals surface area contributed by atoms with Crippen molar-refractivity contribution in [2.45, 2.75) is 58.3 Å². The summed E-state index contributed by atoms with van der Waals surface area (Å²) >= 11 is 0. The van der Waals surface area contributed by atoms with Crippen molar-refractivity contribution in [3.63, 3.8) is 0 Å². The van der Waals surface area contributed by atoms with Gasteiger partial charge in [0, 0.05) is 12.1 Å². The van der Waals surface area contributed by atoms with Crippen LogP contribution >= 0.6 is 0 Å². The molecule has 0 spiro atoms. The van der Waals surface area contributed by atoms with Gasteiger partial charge in [0.05, 0.1) is 6.61 Å². The van der Waals surface area contributed by atoms with E-state index in [1.807, 2.05) is 0 Å². The van der Waals surface area contributed by atoms with Crippen molar-refractivity contribution in [3.8, 4) is 0 Å². The van der Waals surface area contributed by atoms with Crippen molar-refractivity contribution in [1.29, 1.82) is 0 Å². The first-order valence-corrected chi connectivity index (χ1v) is 8.89. The fourth-order valence-corrected chi connectivity index (χ4v) is 2.88. The molecule has 20 heavy (non-hydrogen) atoms. The van der Waals surface area contributed by atoms with E-state index in [1.165, 1.54) is 44.5 Å². The topological polar surface area (TPSA) is 47.3 Å². The predicted octanol–water partition coefficient (Wildman–Crippen LogP) is 3.22. The van der Waals surface area contributed by atoms with Crippen molar-refractivity contribution < 1.29 is 16.6 Å². The lowest BCUT2D eigenvalue weighted by Gasteiger charge is -2.02. The second-order valence-corrected chi connectivity index (χ2v) is 6.47. The Morgan fingerprint density at radius 3 is 2.00 bits per heavy atom. The number of aromatic nitrogens is 1. The van der Waals surface area contributed by atoms with E-state index in [2.05, 4.69) is 6.92 Å². The molecule has 0 atom stereocenters. The maximum absolute atomic E-state index is 11.8. The van der Waals surface area contributed by atoms with Gasteiger partial charge in [-0.25, -0.2) is 4.18 Å². The first-order valence-electron chi connectivity index (χ1n) is 7.53. The Kier molecular flexibility index (Phi) is 8.46. The number of hydrogen-bond acceptors (Lipinski definition) is 3. The number of pyridine rings is 1. The van der Waals surface area contributed by atoms with Crippen molar-refractivity contribution in [2.24, 2.45) is 0 Å². The fourth-order valence-electron chi connectivity index (χ4n) is 1.99. The summed E-state index contributed by atoms with van der Waals surface area (Å²) in [4.78, 5) is 0. The van der Waals surface area contributed by atoms with Crippen LogP contribution in [0, 0.1) is 0 Å². The molecule has 0 amide bonds. The molecule has 114 valence electrons. The first-order chi connectivity index (χ1) is 9.67. The van der Waals surface area contributed by atoms with Crippen LogP contribution in [-0.4, -0.2) is 15.0 Å². The minimum Gasteiger partial charge on any atom is -0.218 e. The SMILES string of the molecule is CCCCCCCCCCOS(=O)(=O)[n+]1ccccc1. The molecular weight excluding hydrogens is 274 g/mol. The molecular formula is C15H26NO3S+. The Labute approximate surface area is 123 Å². The van der Waals surface area contributed by atoms with Crippen molar-refractivity contribution in [3.05, 3.63) is 30.6 Å². The van der Waals surface area contributed by atoms with E-state index in [0.717, 1.165) is 23.2 Å². The maximum Gasteiger partial charge on any atom is 0.513 e. The molecule has 0 bridgehead atoms. The molecule has 0 saturated heterocycles. The van der Waals surface area contributed by atoms with Gasteiger partial charge >= 0.3 is 10.3 Å². The fraction of sp³-hybridized carbons (Fsp3) is 0.667. The van der Waals surface area contributed by atoms with Gasteiger partial charge < -0.3 is 0 Å². The highest BCUT2D eigenvalue weighted by Crippen LogP contribution is 2.08. The van der Waals surface area contributed by atoms with Crippen LogP contribution in [0.5, 0.6) is 0 Å². The average molecular weight is 300 g/mol. The molecule has 0 aliphatic heterocycles. The normalized spacial score (nSPS) is 11.7. The molecule has 4 nitrogen and oxygen atoms in total. The summed E-state index contributed by atoms with van der Waals surface area (Å²) in [5.41, 5.74) is 0. The average Bonchev–Trinajstić information content (AvgIpc) is 2.46. The molecule has 1 aromatic heterocycles. The largest absolute Gasteiger partial charge is 0.513 e. The summed E-state index contributed by atoms with van der Waals surface area (Å²) in [5, 5.41) is 0. The van der Waals surface area contributed by atoms with Crippen LogP contribution in [0.4, 0.5) is 0 Å². The predicted molar refractivity (Wildman–Crippen MR) is 79.5 cm³/mol. The zero-order chi connectivity index (χ0) is 14.7. The minimum atomic E-state index is -3.65. The lowest BCUT2D eigenvalue weighted by atomic mass is 10.1.